The van der Waals surface area contributed by atoms with Gasteiger partial charge < -0.3 is 37.0 Å². The highest BCUT2D eigenvalue weighted by atomic mass is 16.4. The fraction of sp³-hybridized carbons (Fsp3) is 0.643. The number of carbonyl (C=O) groups excluding carboxylic acids is 3. The van der Waals surface area contributed by atoms with Crippen LogP contribution in [0.4, 0.5) is 0 Å². The summed E-state index contributed by atoms with van der Waals surface area (Å²) in [6.07, 6.45) is -2.21. The summed E-state index contributed by atoms with van der Waals surface area (Å²) >= 11 is 0. The van der Waals surface area contributed by atoms with Crippen LogP contribution in [0.1, 0.15) is 27.2 Å². The van der Waals surface area contributed by atoms with Gasteiger partial charge in [-0.05, 0) is 20.8 Å². The van der Waals surface area contributed by atoms with E-state index in [1.807, 2.05) is 0 Å². The van der Waals surface area contributed by atoms with Crippen molar-refractivity contribution in [2.45, 2.75) is 57.5 Å². The van der Waals surface area contributed by atoms with Crippen molar-refractivity contribution in [2.75, 3.05) is 0 Å². The molecule has 26 heavy (non-hydrogen) atoms. The van der Waals surface area contributed by atoms with Crippen LogP contribution in [-0.4, -0.2) is 75.3 Å². The average Bonchev–Trinajstić information content (AvgIpc) is 2.50. The first-order chi connectivity index (χ1) is 11.9. The van der Waals surface area contributed by atoms with Crippen LogP contribution in [0.15, 0.2) is 0 Å². The molecule has 148 valence electrons. The summed E-state index contributed by atoms with van der Waals surface area (Å²) in [4.78, 5) is 57.5. The maximum Gasteiger partial charge on any atom is 0.325 e. The molecule has 0 aliphatic carbocycles. The number of aliphatic hydroxyl groups excluding tert-OH is 1. The number of carboxylic acid groups (broad SMARTS) is 2. The maximum atomic E-state index is 12.2. The molecule has 0 aromatic rings. The van der Waals surface area contributed by atoms with Gasteiger partial charge in [-0.2, -0.15) is 0 Å². The number of carboxylic acids is 2. The van der Waals surface area contributed by atoms with Gasteiger partial charge in [0.15, 0.2) is 0 Å². The summed E-state index contributed by atoms with van der Waals surface area (Å²) in [6, 6.07) is -5.40. The van der Waals surface area contributed by atoms with Gasteiger partial charge in [0.2, 0.25) is 17.7 Å². The minimum absolute atomic E-state index is 0.788. The second-order valence-corrected chi connectivity index (χ2v) is 5.74. The summed E-state index contributed by atoms with van der Waals surface area (Å²) < 4.78 is 0. The molecular formula is C14H24N4O8. The van der Waals surface area contributed by atoms with E-state index in [1.54, 1.807) is 0 Å². The standard InChI is InChI=1S/C14H24N4O8/c1-5(15)11(22)17-8(4-9(20)21)12(23)18-10(7(3)19)13(24)16-6(2)14(25)26/h5-8,10,19H,4,15H2,1-3H3,(H,16,24)(H,17,22)(H,18,23)(H,20,21)(H,25,26). The van der Waals surface area contributed by atoms with Crippen molar-refractivity contribution >= 4 is 29.7 Å². The fourth-order valence-corrected chi connectivity index (χ4v) is 1.71. The van der Waals surface area contributed by atoms with Crippen LogP contribution in [-0.2, 0) is 24.0 Å². The Balaban J connectivity index is 5.22. The van der Waals surface area contributed by atoms with Gasteiger partial charge in [-0.25, -0.2) is 0 Å². The molecule has 0 saturated heterocycles. The van der Waals surface area contributed by atoms with E-state index in [2.05, 4.69) is 16.0 Å². The van der Waals surface area contributed by atoms with Gasteiger partial charge in [0.1, 0.15) is 18.1 Å². The maximum absolute atomic E-state index is 12.2. The lowest BCUT2D eigenvalue weighted by atomic mass is 10.1. The van der Waals surface area contributed by atoms with Crippen molar-refractivity contribution in [2.24, 2.45) is 5.73 Å². The number of aliphatic hydroxyl groups is 1. The molecule has 0 spiro atoms. The number of nitrogens with two attached hydrogens (primary N) is 1. The number of carbonyl (C=O) groups is 5. The van der Waals surface area contributed by atoms with Gasteiger partial charge >= 0.3 is 11.9 Å². The predicted molar refractivity (Wildman–Crippen MR) is 86.7 cm³/mol. The van der Waals surface area contributed by atoms with Crippen LogP contribution < -0.4 is 21.7 Å². The van der Waals surface area contributed by atoms with Crippen molar-refractivity contribution in [3.8, 4) is 0 Å². The van der Waals surface area contributed by atoms with E-state index in [9.17, 15) is 29.1 Å². The molecular weight excluding hydrogens is 352 g/mol. The summed E-state index contributed by atoms with van der Waals surface area (Å²) in [7, 11) is 0. The van der Waals surface area contributed by atoms with E-state index >= 15 is 0 Å². The second-order valence-electron chi connectivity index (χ2n) is 5.74. The van der Waals surface area contributed by atoms with Gasteiger partial charge in [-0.3, -0.25) is 24.0 Å². The fourth-order valence-electron chi connectivity index (χ4n) is 1.71. The van der Waals surface area contributed by atoms with Gasteiger partial charge in [-0.15, -0.1) is 0 Å². The van der Waals surface area contributed by atoms with Gasteiger partial charge in [-0.1, -0.05) is 0 Å². The molecule has 0 rings (SSSR count). The lowest BCUT2D eigenvalue weighted by Crippen LogP contribution is -2.59. The zero-order valence-electron chi connectivity index (χ0n) is 14.6. The Hall–Kier alpha value is -2.73. The molecule has 3 amide bonds. The molecule has 0 radical (unpaired) electrons. The number of hydrogen-bond donors (Lipinski definition) is 7. The molecule has 12 heteroatoms. The van der Waals surface area contributed by atoms with Gasteiger partial charge in [0.05, 0.1) is 18.6 Å². The third kappa shape index (κ3) is 7.90. The molecule has 12 nitrogen and oxygen atoms in total. The van der Waals surface area contributed by atoms with Crippen molar-refractivity contribution in [1.29, 1.82) is 0 Å². The number of hydrogen-bond acceptors (Lipinski definition) is 7. The average molecular weight is 376 g/mol. The number of aliphatic carboxylic acids is 2. The molecule has 0 aliphatic rings. The van der Waals surface area contributed by atoms with Crippen molar-refractivity contribution < 1.29 is 39.3 Å². The third-order valence-electron chi connectivity index (χ3n) is 3.22. The highest BCUT2D eigenvalue weighted by Crippen LogP contribution is 2.00. The molecule has 0 saturated carbocycles. The van der Waals surface area contributed by atoms with Crippen LogP contribution in [0.25, 0.3) is 0 Å². The van der Waals surface area contributed by atoms with Gasteiger partial charge in [0, 0.05) is 0 Å². The van der Waals surface area contributed by atoms with Crippen LogP contribution in [0.5, 0.6) is 0 Å². The minimum Gasteiger partial charge on any atom is -0.481 e. The molecule has 0 aromatic carbocycles. The van der Waals surface area contributed by atoms with E-state index in [1.165, 1.54) is 20.8 Å². The van der Waals surface area contributed by atoms with E-state index in [0.29, 0.717) is 0 Å². The van der Waals surface area contributed by atoms with Crippen LogP contribution in [0.2, 0.25) is 0 Å². The SMILES string of the molecule is CC(N)C(=O)NC(CC(=O)O)C(=O)NC(C(=O)NC(C)C(=O)O)C(C)O. The van der Waals surface area contributed by atoms with Crippen molar-refractivity contribution in [1.82, 2.24) is 16.0 Å². The van der Waals surface area contributed by atoms with E-state index in [0.717, 1.165) is 0 Å². The van der Waals surface area contributed by atoms with E-state index < -0.39 is 66.4 Å². The number of nitrogens with one attached hydrogen (secondary N) is 3. The molecule has 5 unspecified atom stereocenters. The smallest absolute Gasteiger partial charge is 0.325 e. The summed E-state index contributed by atoms with van der Waals surface area (Å²) in [5, 5.41) is 33.6. The molecule has 0 aromatic heterocycles. The Morgan fingerprint density at radius 1 is 0.885 bits per heavy atom. The molecule has 0 heterocycles. The van der Waals surface area contributed by atoms with E-state index in [4.69, 9.17) is 15.9 Å². The molecule has 0 fully saturated rings. The first kappa shape index (κ1) is 23.3. The lowest BCUT2D eigenvalue weighted by molar-refractivity contribution is -0.143. The number of rotatable bonds is 10. The normalized spacial score (nSPS) is 16.3. The molecule has 0 bridgehead atoms. The molecule has 8 N–H and O–H groups in total. The quantitative estimate of drug-likeness (QED) is 0.204. The Kier molecular flexibility index (Phi) is 9.22. The Bertz CT molecular complexity index is 563. The van der Waals surface area contributed by atoms with Crippen LogP contribution in [0, 0.1) is 0 Å². The first-order valence-electron chi connectivity index (χ1n) is 7.66. The monoisotopic (exact) mass is 376 g/mol. The summed E-state index contributed by atoms with van der Waals surface area (Å²) in [5.74, 6) is -5.56. The highest BCUT2D eigenvalue weighted by Gasteiger charge is 2.32. The zero-order chi connectivity index (χ0) is 20.6. The van der Waals surface area contributed by atoms with Crippen molar-refractivity contribution in [3.63, 3.8) is 0 Å². The summed E-state index contributed by atoms with van der Waals surface area (Å²) in [5.41, 5.74) is 5.35. The first-order valence-corrected chi connectivity index (χ1v) is 7.66. The molecule has 5 atom stereocenters. The largest absolute Gasteiger partial charge is 0.481 e. The Labute approximate surface area is 149 Å². The minimum atomic E-state index is -1.56. The van der Waals surface area contributed by atoms with Crippen molar-refractivity contribution in [3.05, 3.63) is 0 Å². The zero-order valence-corrected chi connectivity index (χ0v) is 14.6. The van der Waals surface area contributed by atoms with Crippen LogP contribution in [0.3, 0.4) is 0 Å². The Morgan fingerprint density at radius 3 is 1.81 bits per heavy atom. The summed E-state index contributed by atoms with van der Waals surface area (Å²) in [6.45, 7) is 3.67. The third-order valence-corrected chi connectivity index (χ3v) is 3.22. The predicted octanol–water partition coefficient (Wildman–Crippen LogP) is -3.25. The highest BCUT2D eigenvalue weighted by molar-refractivity contribution is 5.95. The second kappa shape index (κ2) is 10.3. The lowest BCUT2D eigenvalue weighted by Gasteiger charge is -2.25. The molecule has 0 aliphatic heterocycles. The Morgan fingerprint density at radius 2 is 1.42 bits per heavy atom. The van der Waals surface area contributed by atoms with E-state index in [-0.39, 0.29) is 0 Å². The number of amides is 3. The topological polar surface area (TPSA) is 208 Å². The van der Waals surface area contributed by atoms with Crippen LogP contribution >= 0.6 is 0 Å². The van der Waals surface area contributed by atoms with Gasteiger partial charge in [0.25, 0.3) is 0 Å².